The smallest absolute Gasteiger partial charge is 0.192 e. The first kappa shape index (κ1) is 8.73. The summed E-state index contributed by atoms with van der Waals surface area (Å²) in [7, 11) is 0. The molecule has 0 aromatic heterocycles. The van der Waals surface area contributed by atoms with Crippen LogP contribution in [-0.4, -0.2) is 11.7 Å². The predicted molar refractivity (Wildman–Crippen MR) is 50.1 cm³/mol. The first-order valence-corrected chi connectivity index (χ1v) is 4.73. The van der Waals surface area contributed by atoms with Gasteiger partial charge in [-0.25, -0.2) is 0 Å². The van der Waals surface area contributed by atoms with Crippen LogP contribution in [0, 0.1) is 0 Å². The summed E-state index contributed by atoms with van der Waals surface area (Å²) in [6.45, 7) is 0.658. The van der Waals surface area contributed by atoms with Gasteiger partial charge in [0.1, 0.15) is 0 Å². The molecule has 1 aromatic carbocycles. The Morgan fingerprint density at radius 3 is 2.54 bits per heavy atom. The van der Waals surface area contributed by atoms with Crippen LogP contribution in [0.2, 0.25) is 0 Å². The molecule has 70 valence electrons. The van der Waals surface area contributed by atoms with Crippen LogP contribution < -0.4 is 0 Å². The van der Waals surface area contributed by atoms with Crippen molar-refractivity contribution in [3.05, 3.63) is 35.9 Å². The van der Waals surface area contributed by atoms with Crippen LogP contribution in [0.1, 0.15) is 24.8 Å². The Morgan fingerprint density at radius 2 is 1.92 bits per heavy atom. The highest BCUT2D eigenvalue weighted by Gasteiger charge is 2.31. The summed E-state index contributed by atoms with van der Waals surface area (Å²) in [6.07, 6.45) is 2.79. The Labute approximate surface area is 78.2 Å². The molecule has 0 radical (unpaired) electrons. The Balaban J connectivity index is 2.23. The third-order valence-corrected chi connectivity index (χ3v) is 2.48. The predicted octanol–water partition coefficient (Wildman–Crippen LogP) is 2.03. The third kappa shape index (κ3) is 1.74. The molecule has 0 spiro atoms. The SMILES string of the molecule is OC1(c2ccccc2)CCCCO1. The van der Waals surface area contributed by atoms with E-state index in [0.29, 0.717) is 13.0 Å². The zero-order valence-electron chi connectivity index (χ0n) is 7.57. The van der Waals surface area contributed by atoms with E-state index < -0.39 is 5.79 Å². The maximum Gasteiger partial charge on any atom is 0.192 e. The molecule has 1 aromatic rings. The second-order valence-electron chi connectivity index (χ2n) is 3.46. The van der Waals surface area contributed by atoms with Crippen LogP contribution in [0.25, 0.3) is 0 Å². The lowest BCUT2D eigenvalue weighted by molar-refractivity contribution is -0.233. The van der Waals surface area contributed by atoms with Crippen molar-refractivity contribution in [3.8, 4) is 0 Å². The Kier molecular flexibility index (Phi) is 2.34. The minimum Gasteiger partial charge on any atom is -0.362 e. The van der Waals surface area contributed by atoms with Crippen LogP contribution in [0.5, 0.6) is 0 Å². The highest BCUT2D eigenvalue weighted by Crippen LogP contribution is 2.31. The van der Waals surface area contributed by atoms with E-state index in [0.717, 1.165) is 18.4 Å². The highest BCUT2D eigenvalue weighted by molar-refractivity contribution is 5.20. The van der Waals surface area contributed by atoms with Crippen molar-refractivity contribution < 1.29 is 9.84 Å². The van der Waals surface area contributed by atoms with Crippen LogP contribution in [0.3, 0.4) is 0 Å². The van der Waals surface area contributed by atoms with Crippen LogP contribution in [0.4, 0.5) is 0 Å². The Bertz CT molecular complexity index is 263. The fourth-order valence-electron chi connectivity index (χ4n) is 1.71. The summed E-state index contributed by atoms with van der Waals surface area (Å²) in [5.74, 6) is -1.03. The standard InChI is InChI=1S/C11H14O2/c12-11(8-4-5-9-13-11)10-6-2-1-3-7-10/h1-3,6-7,12H,4-5,8-9H2. The monoisotopic (exact) mass is 178 g/mol. The molecule has 2 rings (SSSR count). The molecule has 1 unspecified atom stereocenters. The quantitative estimate of drug-likeness (QED) is 0.713. The first-order chi connectivity index (χ1) is 6.31. The fourth-order valence-corrected chi connectivity index (χ4v) is 1.71. The van der Waals surface area contributed by atoms with Crippen molar-refractivity contribution in [2.75, 3.05) is 6.61 Å². The molecule has 1 saturated heterocycles. The molecule has 1 aliphatic rings. The largest absolute Gasteiger partial charge is 0.362 e. The number of ether oxygens (including phenoxy) is 1. The molecule has 1 fully saturated rings. The van der Waals surface area contributed by atoms with E-state index in [1.165, 1.54) is 0 Å². The zero-order chi connectivity index (χ0) is 9.15. The van der Waals surface area contributed by atoms with E-state index in [1.807, 2.05) is 30.3 Å². The van der Waals surface area contributed by atoms with Gasteiger partial charge >= 0.3 is 0 Å². The minimum atomic E-state index is -1.03. The number of hydrogen-bond donors (Lipinski definition) is 1. The molecular formula is C11H14O2. The van der Waals surface area contributed by atoms with Gasteiger partial charge in [-0.1, -0.05) is 30.3 Å². The molecule has 0 aliphatic carbocycles. The molecule has 1 atom stereocenters. The van der Waals surface area contributed by atoms with E-state index in [2.05, 4.69) is 0 Å². The molecule has 0 bridgehead atoms. The molecule has 1 aliphatic heterocycles. The summed E-state index contributed by atoms with van der Waals surface area (Å²) < 4.78 is 5.41. The molecule has 1 N–H and O–H groups in total. The summed E-state index contributed by atoms with van der Waals surface area (Å²) in [6, 6.07) is 9.60. The van der Waals surface area contributed by atoms with Gasteiger partial charge < -0.3 is 9.84 Å². The second-order valence-corrected chi connectivity index (χ2v) is 3.46. The van der Waals surface area contributed by atoms with Gasteiger partial charge in [-0.15, -0.1) is 0 Å². The normalized spacial score (nSPS) is 28.7. The highest BCUT2D eigenvalue weighted by atomic mass is 16.6. The van der Waals surface area contributed by atoms with Gasteiger partial charge in [-0.05, 0) is 12.8 Å². The zero-order valence-corrected chi connectivity index (χ0v) is 7.57. The van der Waals surface area contributed by atoms with Gasteiger partial charge in [0.05, 0.1) is 6.61 Å². The van der Waals surface area contributed by atoms with Crippen molar-refractivity contribution in [2.45, 2.75) is 25.0 Å². The van der Waals surface area contributed by atoms with E-state index in [-0.39, 0.29) is 0 Å². The summed E-state index contributed by atoms with van der Waals surface area (Å²) in [5.41, 5.74) is 0.870. The molecular weight excluding hydrogens is 164 g/mol. The van der Waals surface area contributed by atoms with Gasteiger partial charge in [-0.2, -0.15) is 0 Å². The van der Waals surface area contributed by atoms with Crippen LogP contribution >= 0.6 is 0 Å². The maximum absolute atomic E-state index is 10.1. The van der Waals surface area contributed by atoms with Crippen LogP contribution in [0.15, 0.2) is 30.3 Å². The van der Waals surface area contributed by atoms with E-state index in [1.54, 1.807) is 0 Å². The van der Waals surface area contributed by atoms with E-state index in [4.69, 9.17) is 4.74 Å². The summed E-state index contributed by atoms with van der Waals surface area (Å²) in [5, 5.41) is 10.1. The average molecular weight is 178 g/mol. The number of aliphatic hydroxyl groups is 1. The molecule has 2 nitrogen and oxygen atoms in total. The number of hydrogen-bond acceptors (Lipinski definition) is 2. The first-order valence-electron chi connectivity index (χ1n) is 4.73. The minimum absolute atomic E-state index is 0.658. The summed E-state index contributed by atoms with van der Waals surface area (Å²) in [4.78, 5) is 0. The van der Waals surface area contributed by atoms with Gasteiger partial charge in [0.2, 0.25) is 0 Å². The second kappa shape index (κ2) is 3.48. The number of benzene rings is 1. The van der Waals surface area contributed by atoms with Crippen molar-refractivity contribution in [1.82, 2.24) is 0 Å². The van der Waals surface area contributed by atoms with E-state index in [9.17, 15) is 5.11 Å². The topological polar surface area (TPSA) is 29.5 Å². The van der Waals surface area contributed by atoms with Crippen LogP contribution in [-0.2, 0) is 10.5 Å². The third-order valence-electron chi connectivity index (χ3n) is 2.48. The van der Waals surface area contributed by atoms with Gasteiger partial charge in [0.15, 0.2) is 5.79 Å². The fraction of sp³-hybridized carbons (Fsp3) is 0.455. The van der Waals surface area contributed by atoms with Crippen molar-refractivity contribution in [1.29, 1.82) is 0 Å². The lowest BCUT2D eigenvalue weighted by atomic mass is 9.98. The molecule has 13 heavy (non-hydrogen) atoms. The maximum atomic E-state index is 10.1. The van der Waals surface area contributed by atoms with Gasteiger partial charge in [-0.3, -0.25) is 0 Å². The van der Waals surface area contributed by atoms with Crippen molar-refractivity contribution >= 4 is 0 Å². The average Bonchev–Trinajstić information content (AvgIpc) is 2.20. The molecule has 1 heterocycles. The number of rotatable bonds is 1. The summed E-state index contributed by atoms with van der Waals surface area (Å²) >= 11 is 0. The van der Waals surface area contributed by atoms with Gasteiger partial charge in [0, 0.05) is 12.0 Å². The Hall–Kier alpha value is -0.860. The lowest BCUT2D eigenvalue weighted by Gasteiger charge is -2.32. The van der Waals surface area contributed by atoms with E-state index >= 15 is 0 Å². The molecule has 0 saturated carbocycles. The molecule has 0 amide bonds. The lowest BCUT2D eigenvalue weighted by Crippen LogP contribution is -2.33. The van der Waals surface area contributed by atoms with Crippen molar-refractivity contribution in [3.63, 3.8) is 0 Å². The van der Waals surface area contributed by atoms with Gasteiger partial charge in [0.25, 0.3) is 0 Å². The Morgan fingerprint density at radius 1 is 1.15 bits per heavy atom. The molecule has 2 heteroatoms. The van der Waals surface area contributed by atoms with Crippen molar-refractivity contribution in [2.24, 2.45) is 0 Å².